The summed E-state index contributed by atoms with van der Waals surface area (Å²) >= 11 is 7.69. The highest BCUT2D eigenvalue weighted by molar-refractivity contribution is 7.10. The number of nitrogens with one attached hydrogen (secondary N) is 2. The van der Waals surface area contributed by atoms with Crippen LogP contribution >= 0.6 is 22.9 Å². The number of anilines is 1. The molecule has 0 saturated carbocycles. The van der Waals surface area contributed by atoms with E-state index in [4.69, 9.17) is 11.6 Å². The number of thiophene rings is 1. The molecule has 1 unspecified atom stereocenters. The van der Waals surface area contributed by atoms with Crippen molar-refractivity contribution in [2.24, 2.45) is 0 Å². The molecule has 0 radical (unpaired) electrons. The van der Waals surface area contributed by atoms with Crippen molar-refractivity contribution in [3.05, 3.63) is 51.7 Å². The van der Waals surface area contributed by atoms with Gasteiger partial charge in [-0.25, -0.2) is 4.79 Å². The van der Waals surface area contributed by atoms with Gasteiger partial charge in [0.25, 0.3) is 0 Å². The molecule has 1 aliphatic heterocycles. The van der Waals surface area contributed by atoms with Crippen LogP contribution in [0.5, 0.6) is 0 Å². The van der Waals surface area contributed by atoms with Crippen LogP contribution in [-0.2, 0) is 0 Å². The zero-order valence-electron chi connectivity index (χ0n) is 14.2. The van der Waals surface area contributed by atoms with Gasteiger partial charge in [-0.2, -0.15) is 0 Å². The Bertz CT molecular complexity index is 686. The Hall–Kier alpha value is -1.60. The van der Waals surface area contributed by atoms with Crippen LogP contribution in [0.2, 0.25) is 5.02 Å². The molecule has 25 heavy (non-hydrogen) atoms. The maximum absolute atomic E-state index is 12.2. The number of piperazine rings is 1. The van der Waals surface area contributed by atoms with Crippen molar-refractivity contribution in [3.63, 3.8) is 0 Å². The minimum Gasteiger partial charge on any atom is -0.336 e. The quantitative estimate of drug-likeness (QED) is 0.836. The highest BCUT2D eigenvalue weighted by atomic mass is 35.5. The van der Waals surface area contributed by atoms with Crippen molar-refractivity contribution in [2.75, 3.05) is 45.1 Å². The Morgan fingerprint density at radius 2 is 2.04 bits per heavy atom. The number of urea groups is 1. The average Bonchev–Trinajstić information content (AvgIpc) is 3.11. The zero-order chi connectivity index (χ0) is 17.6. The SMILES string of the molecule is CN1CCN(C(CNC(=O)Nc2cccc(Cl)c2)c2cccs2)CC1. The number of likely N-dealkylation sites (N-methyl/N-ethyl adjacent to an activating group) is 1. The number of benzene rings is 1. The molecule has 0 bridgehead atoms. The lowest BCUT2D eigenvalue weighted by molar-refractivity contribution is 0.113. The van der Waals surface area contributed by atoms with Gasteiger partial charge in [-0.1, -0.05) is 23.7 Å². The van der Waals surface area contributed by atoms with Gasteiger partial charge < -0.3 is 15.5 Å². The van der Waals surface area contributed by atoms with Crippen LogP contribution in [0.25, 0.3) is 0 Å². The van der Waals surface area contributed by atoms with Gasteiger partial charge in [0.05, 0.1) is 6.04 Å². The molecule has 1 atom stereocenters. The van der Waals surface area contributed by atoms with Crippen LogP contribution in [0.1, 0.15) is 10.9 Å². The van der Waals surface area contributed by atoms with E-state index in [1.165, 1.54) is 4.88 Å². The smallest absolute Gasteiger partial charge is 0.319 e. The van der Waals surface area contributed by atoms with Crippen LogP contribution in [-0.4, -0.2) is 55.6 Å². The normalized spacial score (nSPS) is 17.2. The topological polar surface area (TPSA) is 47.6 Å². The first-order valence-corrected chi connectivity index (χ1v) is 9.64. The lowest BCUT2D eigenvalue weighted by Gasteiger charge is -2.37. The number of rotatable bonds is 5. The standard InChI is InChI=1S/C18H23ClN4OS/c1-22-7-9-23(10-8-22)16(17-6-3-11-25-17)13-20-18(24)21-15-5-2-4-14(19)12-15/h2-6,11-12,16H,7-10,13H2,1H3,(H2,20,21,24). The Kier molecular flexibility index (Phi) is 6.31. The van der Waals surface area contributed by atoms with E-state index in [2.05, 4.69) is 45.0 Å². The summed E-state index contributed by atoms with van der Waals surface area (Å²) in [5, 5.41) is 8.53. The predicted octanol–water partition coefficient (Wildman–Crippen LogP) is 3.51. The van der Waals surface area contributed by atoms with Gasteiger partial charge in [-0.05, 0) is 36.7 Å². The Morgan fingerprint density at radius 1 is 1.24 bits per heavy atom. The van der Waals surface area contributed by atoms with Crippen molar-refractivity contribution in [2.45, 2.75) is 6.04 Å². The summed E-state index contributed by atoms with van der Waals surface area (Å²) in [6, 6.07) is 11.4. The van der Waals surface area contributed by atoms with E-state index in [1.807, 2.05) is 12.1 Å². The zero-order valence-corrected chi connectivity index (χ0v) is 15.8. The molecule has 1 aliphatic rings. The molecule has 1 saturated heterocycles. The van der Waals surface area contributed by atoms with Crippen molar-refractivity contribution in [3.8, 4) is 0 Å². The summed E-state index contributed by atoms with van der Waals surface area (Å²) in [5.41, 5.74) is 0.692. The minimum absolute atomic E-state index is 0.207. The summed E-state index contributed by atoms with van der Waals surface area (Å²) in [5.74, 6) is 0. The monoisotopic (exact) mass is 378 g/mol. The third kappa shape index (κ3) is 5.19. The molecule has 2 heterocycles. The summed E-state index contributed by atoms with van der Waals surface area (Å²) in [7, 11) is 2.15. The van der Waals surface area contributed by atoms with Crippen LogP contribution in [0.15, 0.2) is 41.8 Å². The molecule has 2 aromatic rings. The molecule has 1 aromatic carbocycles. The lowest BCUT2D eigenvalue weighted by atomic mass is 10.1. The first kappa shape index (κ1) is 18.2. The second-order valence-electron chi connectivity index (χ2n) is 6.22. The summed E-state index contributed by atoms with van der Waals surface area (Å²) < 4.78 is 0. The molecule has 1 aromatic heterocycles. The molecule has 2 amide bonds. The number of amides is 2. The van der Waals surface area contributed by atoms with Crippen LogP contribution in [0.3, 0.4) is 0 Å². The first-order valence-electron chi connectivity index (χ1n) is 8.38. The summed E-state index contributed by atoms with van der Waals surface area (Å²) in [6.07, 6.45) is 0. The van der Waals surface area contributed by atoms with E-state index in [1.54, 1.807) is 23.5 Å². The predicted molar refractivity (Wildman–Crippen MR) is 105 cm³/mol. The molecular formula is C18H23ClN4OS. The summed E-state index contributed by atoms with van der Waals surface area (Å²) in [6.45, 7) is 4.71. The van der Waals surface area contributed by atoms with E-state index in [0.717, 1.165) is 26.2 Å². The van der Waals surface area contributed by atoms with Gasteiger partial charge >= 0.3 is 6.03 Å². The number of nitrogens with zero attached hydrogens (tertiary/aromatic N) is 2. The Balaban J connectivity index is 1.59. The molecule has 3 rings (SSSR count). The average molecular weight is 379 g/mol. The second kappa shape index (κ2) is 8.67. The van der Waals surface area contributed by atoms with Gasteiger partial charge in [-0.15, -0.1) is 11.3 Å². The number of hydrogen-bond donors (Lipinski definition) is 2. The molecule has 5 nitrogen and oxygen atoms in total. The van der Waals surface area contributed by atoms with Crippen molar-refractivity contribution in [1.29, 1.82) is 0 Å². The lowest BCUT2D eigenvalue weighted by Crippen LogP contribution is -2.48. The van der Waals surface area contributed by atoms with Gasteiger partial charge in [0.15, 0.2) is 0 Å². The van der Waals surface area contributed by atoms with E-state index in [9.17, 15) is 4.79 Å². The first-order chi connectivity index (χ1) is 12.1. The van der Waals surface area contributed by atoms with Crippen LogP contribution in [0, 0.1) is 0 Å². The largest absolute Gasteiger partial charge is 0.336 e. The van der Waals surface area contributed by atoms with Crippen LogP contribution < -0.4 is 10.6 Å². The van der Waals surface area contributed by atoms with E-state index >= 15 is 0 Å². The number of carbonyl (C=O) groups is 1. The molecule has 1 fully saturated rings. The molecular weight excluding hydrogens is 356 g/mol. The third-order valence-corrected chi connectivity index (χ3v) is 5.60. The highest BCUT2D eigenvalue weighted by Crippen LogP contribution is 2.25. The van der Waals surface area contributed by atoms with E-state index < -0.39 is 0 Å². The molecule has 7 heteroatoms. The fourth-order valence-corrected chi connectivity index (χ4v) is 4.01. The van der Waals surface area contributed by atoms with Crippen molar-refractivity contribution in [1.82, 2.24) is 15.1 Å². The molecule has 0 aliphatic carbocycles. The van der Waals surface area contributed by atoms with Crippen LogP contribution in [0.4, 0.5) is 10.5 Å². The molecule has 0 spiro atoms. The Labute approximate surface area is 157 Å². The maximum atomic E-state index is 12.2. The molecule has 2 N–H and O–H groups in total. The fourth-order valence-electron chi connectivity index (χ4n) is 2.95. The minimum atomic E-state index is -0.210. The third-order valence-electron chi connectivity index (χ3n) is 4.39. The maximum Gasteiger partial charge on any atom is 0.319 e. The number of hydrogen-bond acceptors (Lipinski definition) is 4. The number of halogens is 1. The van der Waals surface area contributed by atoms with E-state index in [0.29, 0.717) is 17.3 Å². The van der Waals surface area contributed by atoms with Gasteiger partial charge in [-0.3, -0.25) is 4.90 Å². The Morgan fingerprint density at radius 3 is 2.72 bits per heavy atom. The van der Waals surface area contributed by atoms with Crippen molar-refractivity contribution < 1.29 is 4.79 Å². The van der Waals surface area contributed by atoms with E-state index in [-0.39, 0.29) is 12.1 Å². The van der Waals surface area contributed by atoms with Gasteiger partial charge in [0, 0.05) is 48.3 Å². The highest BCUT2D eigenvalue weighted by Gasteiger charge is 2.25. The number of carbonyl (C=O) groups excluding carboxylic acids is 1. The van der Waals surface area contributed by atoms with Gasteiger partial charge in [0.2, 0.25) is 0 Å². The molecule has 134 valence electrons. The second-order valence-corrected chi connectivity index (χ2v) is 7.63. The van der Waals surface area contributed by atoms with Crippen molar-refractivity contribution >= 4 is 34.7 Å². The summed E-state index contributed by atoms with van der Waals surface area (Å²) in [4.78, 5) is 18.3. The fraction of sp³-hybridized carbons (Fsp3) is 0.389. The van der Waals surface area contributed by atoms with Gasteiger partial charge in [0.1, 0.15) is 0 Å².